The van der Waals surface area contributed by atoms with Crippen LogP contribution < -0.4 is 5.56 Å². The van der Waals surface area contributed by atoms with Crippen LogP contribution >= 0.6 is 0 Å². The fraction of sp³-hybridized carbons (Fsp3) is 0.353. The van der Waals surface area contributed by atoms with E-state index in [4.69, 9.17) is 0 Å². The van der Waals surface area contributed by atoms with Crippen molar-refractivity contribution in [1.29, 1.82) is 0 Å². The number of likely N-dealkylation sites (tertiary alicyclic amines) is 1. The van der Waals surface area contributed by atoms with E-state index in [1.165, 1.54) is 0 Å². The van der Waals surface area contributed by atoms with Crippen molar-refractivity contribution in [3.05, 3.63) is 64.1 Å². The van der Waals surface area contributed by atoms with Gasteiger partial charge in [0.2, 0.25) is 0 Å². The van der Waals surface area contributed by atoms with Crippen LogP contribution in [0.4, 0.5) is 13.2 Å². The van der Waals surface area contributed by atoms with Crippen LogP contribution in [-0.4, -0.2) is 33.7 Å². The minimum Gasteiger partial charge on any atom is -0.338 e. The maximum atomic E-state index is 12.7. The van der Waals surface area contributed by atoms with Gasteiger partial charge in [-0.25, -0.2) is 4.68 Å². The summed E-state index contributed by atoms with van der Waals surface area (Å²) in [5.74, 6) is -0.228. The molecule has 0 bridgehead atoms. The molecule has 1 fully saturated rings. The maximum absolute atomic E-state index is 12.7. The molecule has 0 spiro atoms. The fourth-order valence-corrected chi connectivity index (χ4v) is 2.90. The van der Waals surface area contributed by atoms with E-state index in [0.29, 0.717) is 31.1 Å². The molecule has 0 aliphatic carbocycles. The van der Waals surface area contributed by atoms with Crippen molar-refractivity contribution in [2.24, 2.45) is 5.92 Å². The predicted octanol–water partition coefficient (Wildman–Crippen LogP) is 2.42. The van der Waals surface area contributed by atoms with E-state index < -0.39 is 17.4 Å². The molecule has 0 saturated carbocycles. The van der Waals surface area contributed by atoms with Crippen molar-refractivity contribution in [3.63, 3.8) is 0 Å². The molecular formula is C17H16F3N3O2. The zero-order valence-electron chi connectivity index (χ0n) is 13.2. The smallest absolute Gasteiger partial charge is 0.338 e. The molecule has 1 aromatic carbocycles. The summed E-state index contributed by atoms with van der Waals surface area (Å²) >= 11 is 0. The number of alkyl halides is 3. The Kier molecular flexibility index (Phi) is 4.61. The van der Waals surface area contributed by atoms with Crippen molar-refractivity contribution >= 4 is 5.91 Å². The maximum Gasteiger partial charge on any atom is 0.435 e. The molecule has 1 aliphatic heterocycles. The van der Waals surface area contributed by atoms with E-state index in [1.807, 2.05) is 6.07 Å². The highest BCUT2D eigenvalue weighted by atomic mass is 19.4. The SMILES string of the molecule is O=C(c1ccccc1)N1CCC(Cn2nc(C(F)(F)F)ccc2=O)C1. The molecule has 132 valence electrons. The Balaban J connectivity index is 1.70. The molecule has 1 atom stereocenters. The molecule has 1 aromatic heterocycles. The quantitative estimate of drug-likeness (QED) is 0.853. The molecule has 5 nitrogen and oxygen atoms in total. The average Bonchev–Trinajstić information content (AvgIpc) is 3.04. The second kappa shape index (κ2) is 6.70. The lowest BCUT2D eigenvalue weighted by Crippen LogP contribution is -2.31. The Morgan fingerprint density at radius 2 is 1.88 bits per heavy atom. The summed E-state index contributed by atoms with van der Waals surface area (Å²) in [4.78, 5) is 25.8. The molecule has 1 unspecified atom stereocenters. The van der Waals surface area contributed by atoms with Gasteiger partial charge in [-0.15, -0.1) is 0 Å². The first-order valence-electron chi connectivity index (χ1n) is 7.84. The molecule has 3 rings (SSSR count). The van der Waals surface area contributed by atoms with E-state index in [9.17, 15) is 22.8 Å². The van der Waals surface area contributed by atoms with Crippen molar-refractivity contribution in [2.75, 3.05) is 13.1 Å². The van der Waals surface area contributed by atoms with Crippen molar-refractivity contribution in [3.8, 4) is 0 Å². The summed E-state index contributed by atoms with van der Waals surface area (Å²) in [5.41, 5.74) is -1.11. The Bertz CT molecular complexity index is 818. The first-order chi connectivity index (χ1) is 11.8. The molecule has 0 N–H and O–H groups in total. The topological polar surface area (TPSA) is 55.2 Å². The molecule has 0 radical (unpaired) electrons. The van der Waals surface area contributed by atoms with Gasteiger partial charge in [0.15, 0.2) is 5.69 Å². The fourth-order valence-electron chi connectivity index (χ4n) is 2.90. The molecule has 1 saturated heterocycles. The van der Waals surface area contributed by atoms with Gasteiger partial charge < -0.3 is 4.90 Å². The lowest BCUT2D eigenvalue weighted by Gasteiger charge is -2.17. The van der Waals surface area contributed by atoms with Gasteiger partial charge >= 0.3 is 6.18 Å². The van der Waals surface area contributed by atoms with E-state index >= 15 is 0 Å². The summed E-state index contributed by atoms with van der Waals surface area (Å²) in [5, 5.41) is 3.41. The normalized spacial score (nSPS) is 17.7. The molecule has 2 heterocycles. The number of amides is 1. The summed E-state index contributed by atoms with van der Waals surface area (Å²) in [6, 6.07) is 10.3. The summed E-state index contributed by atoms with van der Waals surface area (Å²) < 4.78 is 39.1. The number of carbonyl (C=O) groups excluding carboxylic acids is 1. The Labute approximate surface area is 141 Å². The van der Waals surface area contributed by atoms with E-state index in [1.54, 1.807) is 29.2 Å². The van der Waals surface area contributed by atoms with Crippen LogP contribution in [0.3, 0.4) is 0 Å². The number of hydrogen-bond acceptors (Lipinski definition) is 3. The monoisotopic (exact) mass is 351 g/mol. The largest absolute Gasteiger partial charge is 0.435 e. The lowest BCUT2D eigenvalue weighted by atomic mass is 10.1. The summed E-state index contributed by atoms with van der Waals surface area (Å²) in [6.07, 6.45) is -3.98. The number of aromatic nitrogens is 2. The van der Waals surface area contributed by atoms with Crippen LogP contribution in [0.2, 0.25) is 0 Å². The molecular weight excluding hydrogens is 335 g/mol. The predicted molar refractivity (Wildman–Crippen MR) is 84.0 cm³/mol. The average molecular weight is 351 g/mol. The van der Waals surface area contributed by atoms with Crippen LogP contribution in [0, 0.1) is 5.92 Å². The number of halogens is 3. The third kappa shape index (κ3) is 3.89. The Hall–Kier alpha value is -2.64. The summed E-state index contributed by atoms with van der Waals surface area (Å²) in [7, 11) is 0. The van der Waals surface area contributed by atoms with Gasteiger partial charge in [0, 0.05) is 31.3 Å². The van der Waals surface area contributed by atoms with Crippen LogP contribution in [0.5, 0.6) is 0 Å². The van der Waals surface area contributed by atoms with Crippen molar-refractivity contribution in [2.45, 2.75) is 19.1 Å². The molecule has 8 heteroatoms. The first kappa shape index (κ1) is 17.2. The van der Waals surface area contributed by atoms with Gasteiger partial charge in [-0.05, 0) is 30.5 Å². The highest BCUT2D eigenvalue weighted by molar-refractivity contribution is 5.94. The zero-order chi connectivity index (χ0) is 18.0. The van der Waals surface area contributed by atoms with E-state index in [-0.39, 0.29) is 18.4 Å². The second-order valence-electron chi connectivity index (χ2n) is 6.01. The standard InChI is InChI=1S/C17H16F3N3O2/c18-17(19,20)14-6-7-15(24)23(21-14)11-12-8-9-22(10-12)16(25)13-4-2-1-3-5-13/h1-7,12H,8-11H2. The molecule has 1 aliphatic rings. The van der Waals surface area contributed by atoms with Gasteiger partial charge in [-0.1, -0.05) is 18.2 Å². The lowest BCUT2D eigenvalue weighted by molar-refractivity contribution is -0.142. The van der Waals surface area contributed by atoms with Gasteiger partial charge in [0.05, 0.1) is 0 Å². The van der Waals surface area contributed by atoms with Crippen LogP contribution in [-0.2, 0) is 12.7 Å². The highest BCUT2D eigenvalue weighted by Crippen LogP contribution is 2.26. The van der Waals surface area contributed by atoms with Crippen molar-refractivity contribution < 1.29 is 18.0 Å². The van der Waals surface area contributed by atoms with E-state index in [0.717, 1.165) is 10.7 Å². The van der Waals surface area contributed by atoms with Crippen molar-refractivity contribution in [1.82, 2.24) is 14.7 Å². The first-order valence-corrected chi connectivity index (χ1v) is 7.84. The number of nitrogens with zero attached hydrogens (tertiary/aromatic N) is 3. The highest BCUT2D eigenvalue weighted by Gasteiger charge is 2.34. The van der Waals surface area contributed by atoms with Crippen LogP contribution in [0.15, 0.2) is 47.3 Å². The molecule has 1 amide bonds. The number of rotatable bonds is 3. The number of carbonyl (C=O) groups is 1. The van der Waals surface area contributed by atoms with Gasteiger partial charge in [0.1, 0.15) is 0 Å². The van der Waals surface area contributed by atoms with Gasteiger partial charge in [-0.2, -0.15) is 18.3 Å². The third-order valence-electron chi connectivity index (χ3n) is 4.18. The molecule has 25 heavy (non-hydrogen) atoms. The second-order valence-corrected chi connectivity index (χ2v) is 6.01. The van der Waals surface area contributed by atoms with Crippen LogP contribution in [0.1, 0.15) is 22.5 Å². The van der Waals surface area contributed by atoms with Crippen LogP contribution in [0.25, 0.3) is 0 Å². The number of hydrogen-bond donors (Lipinski definition) is 0. The molecule has 2 aromatic rings. The van der Waals surface area contributed by atoms with Gasteiger partial charge in [-0.3, -0.25) is 9.59 Å². The van der Waals surface area contributed by atoms with E-state index in [2.05, 4.69) is 5.10 Å². The Morgan fingerprint density at radius 1 is 1.16 bits per heavy atom. The minimum atomic E-state index is -4.60. The number of benzene rings is 1. The zero-order valence-corrected chi connectivity index (χ0v) is 13.2. The minimum absolute atomic E-state index is 0.0569. The summed E-state index contributed by atoms with van der Waals surface area (Å²) in [6.45, 7) is 0.950. The van der Waals surface area contributed by atoms with Gasteiger partial charge in [0.25, 0.3) is 11.5 Å². The third-order valence-corrected chi connectivity index (χ3v) is 4.18. The Morgan fingerprint density at radius 3 is 2.56 bits per heavy atom.